The number of nitriles is 1. The van der Waals surface area contributed by atoms with E-state index in [-0.39, 0.29) is 5.88 Å². The second-order valence-electron chi connectivity index (χ2n) is 8.55. The van der Waals surface area contributed by atoms with Crippen LogP contribution < -0.4 is 10.1 Å². The maximum absolute atomic E-state index is 13.1. The molecule has 186 valence electrons. The van der Waals surface area contributed by atoms with Crippen molar-refractivity contribution < 1.29 is 22.7 Å². The van der Waals surface area contributed by atoms with Gasteiger partial charge < -0.3 is 10.1 Å². The van der Waals surface area contributed by atoms with E-state index in [1.807, 2.05) is 18.2 Å². The summed E-state index contributed by atoms with van der Waals surface area (Å²) in [5.41, 5.74) is 1.10. The molecule has 0 aliphatic heterocycles. The van der Waals surface area contributed by atoms with Crippen LogP contribution in [0.2, 0.25) is 5.02 Å². The van der Waals surface area contributed by atoms with Crippen molar-refractivity contribution in [1.29, 1.82) is 5.26 Å². The Balaban J connectivity index is 1.87. The zero-order valence-electron chi connectivity index (χ0n) is 19.8. The van der Waals surface area contributed by atoms with Crippen molar-refractivity contribution >= 4 is 23.1 Å². The van der Waals surface area contributed by atoms with Crippen LogP contribution in [0, 0.1) is 11.3 Å². The van der Waals surface area contributed by atoms with Gasteiger partial charge in [-0.1, -0.05) is 35.9 Å². The molecule has 1 aromatic heterocycles. The summed E-state index contributed by atoms with van der Waals surface area (Å²) in [5, 5.41) is 12.8. The van der Waals surface area contributed by atoms with Gasteiger partial charge in [0, 0.05) is 23.0 Å². The van der Waals surface area contributed by atoms with Crippen molar-refractivity contribution in [1.82, 2.24) is 10.3 Å². The molecule has 0 radical (unpaired) electrons. The number of pyridine rings is 1. The number of carbonyl (C=O) groups is 1. The minimum atomic E-state index is -4.52. The molecule has 0 bridgehead atoms. The number of nitrogens with zero attached hydrogens (tertiary/aromatic N) is 2. The summed E-state index contributed by atoms with van der Waals surface area (Å²) in [4.78, 5) is 16.8. The average molecular weight is 514 g/mol. The highest BCUT2D eigenvalue weighted by Crippen LogP contribution is 2.30. The summed E-state index contributed by atoms with van der Waals surface area (Å²) in [6.45, 7) is 4.71. The van der Waals surface area contributed by atoms with Crippen LogP contribution in [0.1, 0.15) is 43.0 Å². The Bertz CT molecular complexity index is 1310. The lowest BCUT2D eigenvalue weighted by Gasteiger charge is -2.26. The third-order valence-corrected chi connectivity index (χ3v) is 5.61. The van der Waals surface area contributed by atoms with Gasteiger partial charge in [-0.15, -0.1) is 0 Å². The number of carbonyl (C=O) groups excluding carboxylic acids is 1. The van der Waals surface area contributed by atoms with E-state index in [0.717, 1.165) is 28.8 Å². The third kappa shape index (κ3) is 6.86. The molecule has 5 nitrogen and oxygen atoms in total. The SMILES string of the molecule is C/C(NC(=O)C(C)(C)Oc1ccc(C(F)(F)F)cn1)=C(\Cc1ccc(Cl)cc1)c1cccc(C#N)c1. The van der Waals surface area contributed by atoms with Crippen molar-refractivity contribution in [3.05, 3.63) is 99.8 Å². The van der Waals surface area contributed by atoms with Crippen LogP contribution in [0.15, 0.2) is 72.6 Å². The summed E-state index contributed by atoms with van der Waals surface area (Å²) >= 11 is 6.00. The second kappa shape index (κ2) is 10.8. The normalized spacial score (nSPS) is 12.4. The Labute approximate surface area is 212 Å². The minimum Gasteiger partial charge on any atom is -0.462 e. The minimum absolute atomic E-state index is 0.118. The average Bonchev–Trinajstić information content (AvgIpc) is 2.83. The topological polar surface area (TPSA) is 75.0 Å². The van der Waals surface area contributed by atoms with E-state index in [2.05, 4.69) is 16.4 Å². The van der Waals surface area contributed by atoms with Crippen LogP contribution in [0.25, 0.3) is 5.57 Å². The Morgan fingerprint density at radius 2 is 1.81 bits per heavy atom. The molecule has 0 atom stereocenters. The van der Waals surface area contributed by atoms with Crippen molar-refractivity contribution in [2.24, 2.45) is 0 Å². The number of halogens is 4. The zero-order valence-corrected chi connectivity index (χ0v) is 20.5. The summed E-state index contributed by atoms with van der Waals surface area (Å²) in [6, 6.07) is 18.3. The summed E-state index contributed by atoms with van der Waals surface area (Å²) < 4.78 is 44.0. The van der Waals surface area contributed by atoms with Crippen LogP contribution in [0.3, 0.4) is 0 Å². The highest BCUT2D eigenvalue weighted by molar-refractivity contribution is 6.30. The lowest BCUT2D eigenvalue weighted by molar-refractivity contribution is -0.138. The molecule has 3 aromatic rings. The first-order valence-electron chi connectivity index (χ1n) is 10.9. The number of hydrogen-bond donors (Lipinski definition) is 1. The molecule has 1 N–H and O–H groups in total. The maximum Gasteiger partial charge on any atom is 0.417 e. The lowest BCUT2D eigenvalue weighted by Crippen LogP contribution is -2.46. The van der Waals surface area contributed by atoms with E-state index >= 15 is 0 Å². The van der Waals surface area contributed by atoms with E-state index in [4.69, 9.17) is 16.3 Å². The van der Waals surface area contributed by atoms with Crippen LogP contribution in [0.4, 0.5) is 13.2 Å². The maximum atomic E-state index is 13.1. The standard InChI is InChI=1S/C27H23ClF3N3O2/c1-17(34-25(35)26(2,3)36-24-12-9-21(16-33-24)27(29,30)31)23(14-18-7-10-22(28)11-8-18)20-6-4-5-19(13-20)15-32/h4-13,16H,14H2,1-3H3,(H,34,35)/b23-17-. The van der Waals surface area contributed by atoms with Crippen LogP contribution in [-0.4, -0.2) is 16.5 Å². The molecular weight excluding hydrogens is 491 g/mol. The Hall–Kier alpha value is -3.83. The highest BCUT2D eigenvalue weighted by atomic mass is 35.5. The molecule has 0 unspecified atom stereocenters. The molecule has 0 saturated carbocycles. The first-order chi connectivity index (χ1) is 16.9. The van der Waals surface area contributed by atoms with Crippen LogP contribution in [-0.2, 0) is 17.4 Å². The fourth-order valence-corrected chi connectivity index (χ4v) is 3.47. The molecule has 36 heavy (non-hydrogen) atoms. The van der Waals surface area contributed by atoms with Gasteiger partial charge in [0.1, 0.15) is 0 Å². The number of hydrogen-bond acceptors (Lipinski definition) is 4. The lowest BCUT2D eigenvalue weighted by atomic mass is 9.95. The molecule has 2 aromatic carbocycles. The van der Waals surface area contributed by atoms with Gasteiger partial charge in [0.15, 0.2) is 5.60 Å². The first-order valence-corrected chi connectivity index (χ1v) is 11.3. The molecule has 9 heteroatoms. The number of aromatic nitrogens is 1. The van der Waals surface area contributed by atoms with Gasteiger partial charge in [0.25, 0.3) is 5.91 Å². The van der Waals surface area contributed by atoms with Gasteiger partial charge in [-0.3, -0.25) is 4.79 Å². The summed E-state index contributed by atoms with van der Waals surface area (Å²) in [5.74, 6) is -0.639. The molecule has 0 aliphatic rings. The van der Waals surface area contributed by atoms with Gasteiger partial charge in [0.2, 0.25) is 5.88 Å². The van der Waals surface area contributed by atoms with Crippen molar-refractivity contribution in [3.63, 3.8) is 0 Å². The molecule has 0 aliphatic carbocycles. The Morgan fingerprint density at radius 3 is 2.39 bits per heavy atom. The monoisotopic (exact) mass is 513 g/mol. The number of amides is 1. The van der Waals surface area contributed by atoms with Gasteiger partial charge >= 0.3 is 6.18 Å². The number of nitrogens with one attached hydrogen (secondary N) is 1. The van der Waals surface area contributed by atoms with Crippen LogP contribution >= 0.6 is 11.6 Å². The number of rotatable bonds is 7. The summed E-state index contributed by atoms with van der Waals surface area (Å²) in [7, 11) is 0. The number of benzene rings is 2. The van der Waals surface area contributed by atoms with E-state index < -0.39 is 23.2 Å². The van der Waals surface area contributed by atoms with Crippen molar-refractivity contribution in [2.75, 3.05) is 0 Å². The van der Waals surface area contributed by atoms with E-state index in [9.17, 15) is 23.2 Å². The number of alkyl halides is 3. The molecular formula is C27H23ClF3N3O2. The van der Waals surface area contributed by atoms with Crippen LogP contribution in [0.5, 0.6) is 5.88 Å². The van der Waals surface area contributed by atoms with E-state index in [0.29, 0.717) is 28.9 Å². The smallest absolute Gasteiger partial charge is 0.417 e. The van der Waals surface area contributed by atoms with Gasteiger partial charge in [-0.25, -0.2) is 4.98 Å². The third-order valence-electron chi connectivity index (χ3n) is 5.36. The van der Waals surface area contributed by atoms with E-state index in [1.165, 1.54) is 13.8 Å². The van der Waals surface area contributed by atoms with Crippen molar-refractivity contribution in [3.8, 4) is 11.9 Å². The fraction of sp³-hybridized carbons (Fsp3) is 0.222. The van der Waals surface area contributed by atoms with Gasteiger partial charge in [-0.05, 0) is 74.2 Å². The van der Waals surface area contributed by atoms with Crippen molar-refractivity contribution in [2.45, 2.75) is 39.0 Å². The quantitative estimate of drug-likeness (QED) is 0.387. The predicted octanol–water partition coefficient (Wildman–Crippen LogP) is 6.57. The largest absolute Gasteiger partial charge is 0.462 e. The number of allylic oxidation sites excluding steroid dienone is 2. The van der Waals surface area contributed by atoms with Gasteiger partial charge in [0.05, 0.1) is 17.2 Å². The predicted molar refractivity (Wildman–Crippen MR) is 131 cm³/mol. The molecule has 1 amide bonds. The molecule has 1 heterocycles. The summed E-state index contributed by atoms with van der Waals surface area (Å²) in [6.07, 6.45) is -3.43. The Morgan fingerprint density at radius 1 is 1.11 bits per heavy atom. The first kappa shape index (κ1) is 26.8. The number of ether oxygens (including phenoxy) is 1. The van der Waals surface area contributed by atoms with E-state index in [1.54, 1.807) is 37.3 Å². The molecule has 0 fully saturated rings. The molecule has 0 spiro atoms. The highest BCUT2D eigenvalue weighted by Gasteiger charge is 2.33. The van der Waals surface area contributed by atoms with Gasteiger partial charge in [-0.2, -0.15) is 18.4 Å². The fourth-order valence-electron chi connectivity index (χ4n) is 3.35. The molecule has 0 saturated heterocycles. The molecule has 3 rings (SSSR count). The Kier molecular flexibility index (Phi) is 8.06. The zero-order chi connectivity index (χ0) is 26.5. The second-order valence-corrected chi connectivity index (χ2v) is 8.99.